The molecule has 1 fully saturated rings. The number of rotatable bonds is 6. The maximum absolute atomic E-state index is 13.3. The molecule has 4 rings (SSSR count). The van der Waals surface area contributed by atoms with Crippen molar-refractivity contribution in [3.63, 3.8) is 0 Å². The van der Waals surface area contributed by atoms with Gasteiger partial charge in [-0.1, -0.05) is 48.5 Å². The van der Waals surface area contributed by atoms with Crippen LogP contribution in [0.3, 0.4) is 0 Å². The van der Waals surface area contributed by atoms with Crippen molar-refractivity contribution in [2.75, 3.05) is 6.54 Å². The number of aromatic nitrogens is 1. The van der Waals surface area contributed by atoms with Crippen LogP contribution in [0.25, 0.3) is 10.9 Å². The molecule has 1 heterocycles. The molecular weight excluding hydrogens is 346 g/mol. The summed E-state index contributed by atoms with van der Waals surface area (Å²) >= 11 is 0. The maximum Gasteiger partial charge on any atom is 0.270 e. The lowest BCUT2D eigenvalue weighted by Gasteiger charge is -2.37. The number of carbonyl (C=O) groups is 1. The van der Waals surface area contributed by atoms with Crippen LogP contribution in [0.4, 0.5) is 0 Å². The lowest BCUT2D eigenvalue weighted by molar-refractivity contribution is 0.0623. The smallest absolute Gasteiger partial charge is 0.270 e. The van der Waals surface area contributed by atoms with Crippen molar-refractivity contribution in [3.8, 4) is 0 Å². The first kappa shape index (κ1) is 16.4. The molecule has 1 saturated carbocycles. The first-order valence-corrected chi connectivity index (χ1v) is 10.2. The van der Waals surface area contributed by atoms with Crippen molar-refractivity contribution in [3.05, 3.63) is 71.9 Å². The SMILES string of the molecule is [2H]C([2H])(N[C@@H]1CCC[C@H](N(CC)C(=O)c2cc3ccccc3[nH]2)C1)c1ccccc1. The summed E-state index contributed by atoms with van der Waals surface area (Å²) in [5, 5.41) is 4.25. The molecule has 28 heavy (non-hydrogen) atoms. The van der Waals surface area contributed by atoms with Crippen LogP contribution >= 0.6 is 0 Å². The van der Waals surface area contributed by atoms with E-state index >= 15 is 0 Å². The third kappa shape index (κ3) is 4.12. The minimum absolute atomic E-state index is 0.0189. The average Bonchev–Trinajstić information content (AvgIpc) is 3.19. The zero-order valence-corrected chi connectivity index (χ0v) is 16.3. The van der Waals surface area contributed by atoms with E-state index in [1.807, 2.05) is 72.5 Å². The molecule has 0 radical (unpaired) electrons. The number of carbonyl (C=O) groups excluding carboxylic acids is 1. The number of nitrogens with one attached hydrogen (secondary N) is 2. The van der Waals surface area contributed by atoms with Gasteiger partial charge < -0.3 is 15.2 Å². The average molecular weight is 378 g/mol. The topological polar surface area (TPSA) is 48.1 Å². The van der Waals surface area contributed by atoms with Crippen molar-refractivity contribution in [1.82, 2.24) is 15.2 Å². The quantitative estimate of drug-likeness (QED) is 0.652. The Morgan fingerprint density at radius 1 is 1.18 bits per heavy atom. The largest absolute Gasteiger partial charge is 0.351 e. The van der Waals surface area contributed by atoms with Gasteiger partial charge in [0.2, 0.25) is 0 Å². The Hall–Kier alpha value is -2.59. The van der Waals surface area contributed by atoms with Gasteiger partial charge in [0.05, 0.1) is 0 Å². The van der Waals surface area contributed by atoms with Crippen LogP contribution in [-0.4, -0.2) is 34.4 Å². The molecule has 4 heteroatoms. The van der Waals surface area contributed by atoms with E-state index in [-0.39, 0.29) is 18.0 Å². The van der Waals surface area contributed by atoms with Gasteiger partial charge in [-0.25, -0.2) is 0 Å². The summed E-state index contributed by atoms with van der Waals surface area (Å²) in [4.78, 5) is 18.5. The Labute approximate surface area is 169 Å². The molecule has 1 aliphatic rings. The highest BCUT2D eigenvalue weighted by molar-refractivity contribution is 5.98. The first-order valence-electron chi connectivity index (χ1n) is 11.2. The Kier molecular flexibility index (Phi) is 5.04. The van der Waals surface area contributed by atoms with Gasteiger partial charge in [0, 0.05) is 38.8 Å². The van der Waals surface area contributed by atoms with E-state index in [1.54, 1.807) is 0 Å². The second-order valence-corrected chi connectivity index (χ2v) is 7.51. The van der Waals surface area contributed by atoms with E-state index in [0.29, 0.717) is 17.8 Å². The number of nitrogens with zero attached hydrogens (tertiary/aromatic N) is 1. The fraction of sp³-hybridized carbons (Fsp3) is 0.375. The summed E-state index contributed by atoms with van der Waals surface area (Å²) in [6.45, 7) is 1.06. The Morgan fingerprint density at radius 2 is 1.96 bits per heavy atom. The van der Waals surface area contributed by atoms with Crippen LogP contribution in [0.2, 0.25) is 0 Å². The van der Waals surface area contributed by atoms with Crippen molar-refractivity contribution in [1.29, 1.82) is 0 Å². The van der Waals surface area contributed by atoms with Crippen molar-refractivity contribution < 1.29 is 7.54 Å². The van der Waals surface area contributed by atoms with Crippen LogP contribution in [0, 0.1) is 0 Å². The van der Waals surface area contributed by atoms with E-state index in [1.165, 1.54) is 0 Å². The van der Waals surface area contributed by atoms with E-state index in [4.69, 9.17) is 2.74 Å². The number of amides is 1. The molecule has 3 aromatic rings. The molecule has 2 N–H and O–H groups in total. The molecule has 1 aromatic heterocycles. The molecule has 2 atom stereocenters. The number of benzene rings is 2. The van der Waals surface area contributed by atoms with Gasteiger partial charge in [-0.15, -0.1) is 0 Å². The Balaban J connectivity index is 1.47. The number of aromatic amines is 1. The lowest BCUT2D eigenvalue weighted by Crippen LogP contribution is -2.46. The summed E-state index contributed by atoms with van der Waals surface area (Å²) in [5.74, 6) is 0.0189. The van der Waals surface area contributed by atoms with E-state index in [0.717, 1.165) is 36.6 Å². The predicted molar refractivity (Wildman–Crippen MR) is 114 cm³/mol. The highest BCUT2D eigenvalue weighted by Crippen LogP contribution is 2.25. The Morgan fingerprint density at radius 3 is 2.75 bits per heavy atom. The van der Waals surface area contributed by atoms with Crippen molar-refractivity contribution in [2.45, 2.75) is 51.2 Å². The number of hydrogen-bond acceptors (Lipinski definition) is 2. The van der Waals surface area contributed by atoms with E-state index in [2.05, 4.69) is 10.3 Å². The molecular formula is C24H29N3O. The van der Waals surface area contributed by atoms with Gasteiger partial charge in [0.1, 0.15) is 5.69 Å². The zero-order chi connectivity index (χ0) is 21.1. The number of H-pyrrole nitrogens is 1. The molecule has 0 saturated heterocycles. The fourth-order valence-electron chi connectivity index (χ4n) is 4.20. The Bertz CT molecular complexity index is 969. The summed E-state index contributed by atoms with van der Waals surface area (Å²) in [7, 11) is 0. The molecule has 0 bridgehead atoms. The predicted octanol–water partition coefficient (Wildman–Crippen LogP) is 4.73. The molecule has 2 aromatic carbocycles. The van der Waals surface area contributed by atoms with Crippen LogP contribution in [0.15, 0.2) is 60.7 Å². The zero-order valence-electron chi connectivity index (χ0n) is 18.3. The van der Waals surface area contributed by atoms with Crippen molar-refractivity contribution >= 4 is 16.8 Å². The molecule has 1 aliphatic carbocycles. The maximum atomic E-state index is 13.3. The third-order valence-electron chi connectivity index (χ3n) is 5.64. The van der Waals surface area contributed by atoms with Gasteiger partial charge in [0.25, 0.3) is 5.91 Å². The normalized spacial score (nSPS) is 21.2. The van der Waals surface area contributed by atoms with Gasteiger partial charge >= 0.3 is 0 Å². The second kappa shape index (κ2) is 8.61. The summed E-state index contributed by atoms with van der Waals surface area (Å²) in [6.07, 6.45) is 3.60. The monoisotopic (exact) mass is 377 g/mol. The van der Waals surface area contributed by atoms with Gasteiger partial charge in [-0.2, -0.15) is 0 Å². The standard InChI is InChI=1S/C24H29N3O/c1-2-27(24(28)23-15-19-11-6-7-14-22(19)26-23)21-13-8-12-20(16-21)25-17-18-9-4-3-5-10-18/h3-7,9-11,14-15,20-21,25-26H,2,8,12-13,16-17H2,1H3/t20-,21+/m1/s1/i17D2. The van der Waals surface area contributed by atoms with Crippen LogP contribution in [0.1, 0.15) is 51.4 Å². The molecule has 0 spiro atoms. The minimum Gasteiger partial charge on any atom is -0.351 e. The van der Waals surface area contributed by atoms with Gasteiger partial charge in [0.15, 0.2) is 0 Å². The minimum atomic E-state index is -1.59. The highest BCUT2D eigenvalue weighted by Gasteiger charge is 2.29. The van der Waals surface area contributed by atoms with E-state index in [9.17, 15) is 4.79 Å². The summed E-state index contributed by atoms with van der Waals surface area (Å²) < 4.78 is 16.9. The first-order chi connectivity index (χ1) is 14.5. The second-order valence-electron chi connectivity index (χ2n) is 7.51. The van der Waals surface area contributed by atoms with Gasteiger partial charge in [-0.3, -0.25) is 4.79 Å². The fourth-order valence-corrected chi connectivity index (χ4v) is 4.20. The lowest BCUT2D eigenvalue weighted by atomic mass is 9.89. The number of para-hydroxylation sites is 1. The van der Waals surface area contributed by atoms with Crippen molar-refractivity contribution in [2.24, 2.45) is 0 Å². The van der Waals surface area contributed by atoms with Crippen LogP contribution in [-0.2, 0) is 6.50 Å². The van der Waals surface area contributed by atoms with Gasteiger partial charge in [-0.05, 0) is 50.3 Å². The summed E-state index contributed by atoms with van der Waals surface area (Å²) in [6, 6.07) is 19.2. The number of fused-ring (bicyclic) bond motifs is 1. The van der Waals surface area contributed by atoms with E-state index < -0.39 is 6.50 Å². The molecule has 146 valence electrons. The summed E-state index contributed by atoms with van der Waals surface area (Å²) in [5.41, 5.74) is 2.22. The third-order valence-corrected chi connectivity index (χ3v) is 5.64. The molecule has 0 unspecified atom stereocenters. The molecule has 4 nitrogen and oxygen atoms in total. The van der Waals surface area contributed by atoms with Crippen LogP contribution in [0.5, 0.6) is 0 Å². The van der Waals surface area contributed by atoms with Crippen LogP contribution < -0.4 is 5.32 Å². The molecule has 1 amide bonds. The number of hydrogen-bond donors (Lipinski definition) is 2. The molecule has 0 aliphatic heterocycles. The highest BCUT2D eigenvalue weighted by atomic mass is 16.2.